The van der Waals surface area contributed by atoms with E-state index in [-0.39, 0.29) is 0 Å². The summed E-state index contributed by atoms with van der Waals surface area (Å²) in [5.41, 5.74) is 1.23. The van der Waals surface area contributed by atoms with Crippen LogP contribution in [0.2, 0.25) is 0 Å². The molecule has 0 saturated heterocycles. The molecule has 0 N–H and O–H groups in total. The molecule has 0 fully saturated rings. The quantitative estimate of drug-likeness (QED) is 0.561. The first-order valence-electron chi connectivity index (χ1n) is 4.16. The van der Waals surface area contributed by atoms with E-state index in [4.69, 9.17) is 0 Å². The molecule has 62 valence electrons. The highest BCUT2D eigenvalue weighted by Crippen LogP contribution is 2.05. The van der Waals surface area contributed by atoms with E-state index in [1.54, 1.807) is 0 Å². The highest BCUT2D eigenvalue weighted by atomic mass is 15.1. The van der Waals surface area contributed by atoms with E-state index in [1.165, 1.54) is 5.71 Å². The molecule has 0 unspecified atom stereocenters. The van der Waals surface area contributed by atoms with Crippen LogP contribution < -0.4 is 0 Å². The Morgan fingerprint density at radius 1 is 1.55 bits per heavy atom. The topological polar surface area (TPSA) is 15.6 Å². The van der Waals surface area contributed by atoms with Gasteiger partial charge < -0.3 is 4.90 Å². The van der Waals surface area contributed by atoms with Gasteiger partial charge in [-0.05, 0) is 20.8 Å². The summed E-state index contributed by atoms with van der Waals surface area (Å²) in [5.74, 6) is 0. The maximum absolute atomic E-state index is 4.25. The fourth-order valence-corrected chi connectivity index (χ4v) is 1.11. The minimum absolute atomic E-state index is 0.590. The van der Waals surface area contributed by atoms with Crippen LogP contribution in [-0.4, -0.2) is 23.2 Å². The number of hydrogen-bond donors (Lipinski definition) is 0. The lowest BCUT2D eigenvalue weighted by molar-refractivity contribution is 0.321. The van der Waals surface area contributed by atoms with Crippen LogP contribution in [0.15, 0.2) is 17.4 Å². The van der Waals surface area contributed by atoms with Crippen LogP contribution in [0.25, 0.3) is 0 Å². The molecule has 1 heterocycles. The van der Waals surface area contributed by atoms with Gasteiger partial charge in [0.2, 0.25) is 0 Å². The molecular formula is C9H16N2. The molecule has 0 saturated carbocycles. The highest BCUT2D eigenvalue weighted by Gasteiger charge is 2.06. The van der Waals surface area contributed by atoms with Crippen molar-refractivity contribution >= 4 is 5.71 Å². The van der Waals surface area contributed by atoms with E-state index in [2.05, 4.69) is 36.9 Å². The zero-order valence-corrected chi connectivity index (χ0v) is 7.54. The molecule has 0 aromatic heterocycles. The number of aliphatic imine (C=N–C) groups is 1. The summed E-state index contributed by atoms with van der Waals surface area (Å²) < 4.78 is 0. The third-order valence-electron chi connectivity index (χ3n) is 1.95. The van der Waals surface area contributed by atoms with Crippen molar-refractivity contribution in [3.8, 4) is 0 Å². The lowest BCUT2D eigenvalue weighted by Gasteiger charge is -2.22. The van der Waals surface area contributed by atoms with Crippen molar-refractivity contribution in [1.29, 1.82) is 0 Å². The zero-order chi connectivity index (χ0) is 8.27. The molecule has 0 spiro atoms. The average Bonchev–Trinajstić information content (AvgIpc) is 2.13. The Balaban J connectivity index is 2.54. The smallest absolute Gasteiger partial charge is 0.0426 e. The van der Waals surface area contributed by atoms with Gasteiger partial charge in [0, 0.05) is 37.1 Å². The molecule has 2 nitrogen and oxygen atoms in total. The van der Waals surface area contributed by atoms with Crippen molar-refractivity contribution < 1.29 is 0 Å². The molecule has 0 aromatic rings. The molecule has 2 heteroatoms. The summed E-state index contributed by atoms with van der Waals surface area (Å²) in [6.07, 6.45) is 5.05. The van der Waals surface area contributed by atoms with Crippen LogP contribution in [-0.2, 0) is 0 Å². The Labute approximate surface area is 68.6 Å². The maximum Gasteiger partial charge on any atom is 0.0426 e. The van der Waals surface area contributed by atoms with Crippen LogP contribution in [0.3, 0.4) is 0 Å². The second-order valence-corrected chi connectivity index (χ2v) is 3.24. The van der Waals surface area contributed by atoms with Crippen LogP contribution in [0, 0.1) is 0 Å². The van der Waals surface area contributed by atoms with Crippen LogP contribution >= 0.6 is 0 Å². The number of hydrogen-bond acceptors (Lipinski definition) is 2. The molecular weight excluding hydrogens is 136 g/mol. The molecule has 11 heavy (non-hydrogen) atoms. The van der Waals surface area contributed by atoms with E-state index >= 15 is 0 Å². The second kappa shape index (κ2) is 3.56. The highest BCUT2D eigenvalue weighted by molar-refractivity contribution is 5.82. The summed E-state index contributed by atoms with van der Waals surface area (Å²) in [7, 11) is 0. The minimum atomic E-state index is 0.590. The normalized spacial score (nSPS) is 18.5. The summed E-state index contributed by atoms with van der Waals surface area (Å²) >= 11 is 0. The Morgan fingerprint density at radius 3 is 2.91 bits per heavy atom. The van der Waals surface area contributed by atoms with E-state index < -0.39 is 0 Å². The fourth-order valence-electron chi connectivity index (χ4n) is 1.11. The summed E-state index contributed by atoms with van der Waals surface area (Å²) in [6, 6.07) is 0.590. The first-order valence-corrected chi connectivity index (χ1v) is 4.16. The van der Waals surface area contributed by atoms with Gasteiger partial charge in [-0.3, -0.25) is 4.99 Å². The second-order valence-electron chi connectivity index (χ2n) is 3.24. The Kier molecular flexibility index (Phi) is 2.69. The van der Waals surface area contributed by atoms with Gasteiger partial charge in [0.15, 0.2) is 0 Å². The third-order valence-corrected chi connectivity index (χ3v) is 1.95. The van der Waals surface area contributed by atoms with Crippen molar-refractivity contribution in [2.45, 2.75) is 33.2 Å². The van der Waals surface area contributed by atoms with Crippen molar-refractivity contribution in [1.82, 2.24) is 4.90 Å². The SMILES string of the molecule is CC1=NC=CN(C(C)C)CC1. The van der Waals surface area contributed by atoms with Gasteiger partial charge in [0.05, 0.1) is 0 Å². The summed E-state index contributed by atoms with van der Waals surface area (Å²) in [4.78, 5) is 6.56. The Bertz CT molecular complexity index is 180. The van der Waals surface area contributed by atoms with Gasteiger partial charge in [-0.25, -0.2) is 0 Å². The molecule has 0 bridgehead atoms. The lowest BCUT2D eigenvalue weighted by Crippen LogP contribution is -2.26. The molecule has 0 aliphatic carbocycles. The average molecular weight is 152 g/mol. The first kappa shape index (κ1) is 8.31. The molecule has 0 radical (unpaired) electrons. The minimum Gasteiger partial charge on any atom is -0.373 e. The molecule has 0 amide bonds. The predicted molar refractivity (Wildman–Crippen MR) is 48.7 cm³/mol. The van der Waals surface area contributed by atoms with E-state index in [0.29, 0.717) is 6.04 Å². The van der Waals surface area contributed by atoms with Gasteiger partial charge >= 0.3 is 0 Å². The van der Waals surface area contributed by atoms with Gasteiger partial charge in [-0.1, -0.05) is 0 Å². The van der Waals surface area contributed by atoms with Crippen molar-refractivity contribution in [2.75, 3.05) is 6.54 Å². The van der Waals surface area contributed by atoms with Crippen molar-refractivity contribution in [2.24, 2.45) is 4.99 Å². The molecule has 1 aliphatic rings. The predicted octanol–water partition coefficient (Wildman–Crippen LogP) is 2.03. The monoisotopic (exact) mass is 152 g/mol. The molecule has 0 atom stereocenters. The van der Waals surface area contributed by atoms with Gasteiger partial charge in [-0.15, -0.1) is 0 Å². The zero-order valence-electron chi connectivity index (χ0n) is 7.54. The fraction of sp³-hybridized carbons (Fsp3) is 0.667. The van der Waals surface area contributed by atoms with E-state index in [0.717, 1.165) is 13.0 Å². The van der Waals surface area contributed by atoms with Crippen molar-refractivity contribution in [3.05, 3.63) is 12.4 Å². The van der Waals surface area contributed by atoms with Gasteiger partial charge in [0.1, 0.15) is 0 Å². The van der Waals surface area contributed by atoms with E-state index in [1.807, 2.05) is 6.20 Å². The Hall–Kier alpha value is -0.790. The van der Waals surface area contributed by atoms with Crippen LogP contribution in [0.1, 0.15) is 27.2 Å². The van der Waals surface area contributed by atoms with Gasteiger partial charge in [-0.2, -0.15) is 0 Å². The van der Waals surface area contributed by atoms with Crippen molar-refractivity contribution in [3.63, 3.8) is 0 Å². The van der Waals surface area contributed by atoms with Gasteiger partial charge in [0.25, 0.3) is 0 Å². The van der Waals surface area contributed by atoms with E-state index in [9.17, 15) is 0 Å². The molecule has 1 aliphatic heterocycles. The third kappa shape index (κ3) is 2.37. The Morgan fingerprint density at radius 2 is 2.27 bits per heavy atom. The van der Waals surface area contributed by atoms with Crippen LogP contribution in [0.4, 0.5) is 0 Å². The standard InChI is InChI=1S/C9H16N2/c1-8(2)11-6-4-9(3)10-5-7-11/h5,7-8H,4,6H2,1-3H3. The summed E-state index contributed by atoms with van der Waals surface area (Å²) in [5, 5.41) is 0. The first-order chi connectivity index (χ1) is 5.20. The number of nitrogens with zero attached hydrogens (tertiary/aromatic N) is 2. The number of rotatable bonds is 1. The lowest BCUT2D eigenvalue weighted by atomic mass is 10.2. The molecule has 0 aromatic carbocycles. The van der Waals surface area contributed by atoms with Crippen LogP contribution in [0.5, 0.6) is 0 Å². The largest absolute Gasteiger partial charge is 0.373 e. The molecule has 1 rings (SSSR count). The summed E-state index contributed by atoms with van der Waals surface area (Å²) in [6.45, 7) is 7.58. The maximum atomic E-state index is 4.25.